The maximum atomic E-state index is 3.40. The second-order valence-electron chi connectivity index (χ2n) is 1.26. The van der Waals surface area contributed by atoms with E-state index in [9.17, 15) is 0 Å². The van der Waals surface area contributed by atoms with Crippen LogP contribution in [0.25, 0.3) is 0 Å². The predicted molar refractivity (Wildman–Crippen MR) is 36.8 cm³/mol. The minimum atomic E-state index is 0.664. The molecule has 0 aliphatic rings. The first kappa shape index (κ1) is 6.96. The summed E-state index contributed by atoms with van der Waals surface area (Å²) in [4.78, 5) is 0.664. The van der Waals surface area contributed by atoms with Crippen molar-refractivity contribution < 1.29 is 0 Å². The molecule has 0 aromatic carbocycles. The molecule has 0 bridgehead atoms. The highest BCUT2D eigenvalue weighted by molar-refractivity contribution is 9.10. The second kappa shape index (κ2) is 4.13. The summed E-state index contributed by atoms with van der Waals surface area (Å²) < 4.78 is 0. The van der Waals surface area contributed by atoms with Crippen LogP contribution in [0, 0.1) is 0 Å². The van der Waals surface area contributed by atoms with Gasteiger partial charge in [0, 0.05) is 10.2 Å². The van der Waals surface area contributed by atoms with Crippen molar-refractivity contribution in [3.63, 3.8) is 0 Å². The lowest BCUT2D eigenvalue weighted by Crippen LogP contribution is -1.87. The Bertz CT molecular complexity index is 26.7. The lowest BCUT2D eigenvalue weighted by atomic mass is 10.4. The molecule has 2 heteroatoms. The van der Waals surface area contributed by atoms with Crippen LogP contribution in [0.3, 0.4) is 0 Å². The minimum Gasteiger partial charge on any atom is -0.0928 e. The average molecular weight is 216 g/mol. The maximum absolute atomic E-state index is 3.40. The van der Waals surface area contributed by atoms with Gasteiger partial charge in [0.15, 0.2) is 0 Å². The zero-order valence-corrected chi connectivity index (χ0v) is 6.92. The number of alkyl halides is 2. The van der Waals surface area contributed by atoms with E-state index in [1.54, 1.807) is 0 Å². The van der Waals surface area contributed by atoms with Crippen molar-refractivity contribution >= 4 is 31.9 Å². The fourth-order valence-corrected chi connectivity index (χ4v) is 1.68. The first-order chi connectivity index (χ1) is 2.77. The van der Waals surface area contributed by atoms with Gasteiger partial charge in [0.2, 0.25) is 0 Å². The smallest absolute Gasteiger partial charge is 0.0125 e. The van der Waals surface area contributed by atoms with Crippen LogP contribution in [0.2, 0.25) is 0 Å². The summed E-state index contributed by atoms with van der Waals surface area (Å²) >= 11 is 6.72. The highest BCUT2D eigenvalue weighted by Crippen LogP contribution is 2.03. The summed E-state index contributed by atoms with van der Waals surface area (Å²) in [7, 11) is 0. The van der Waals surface area contributed by atoms with Gasteiger partial charge in [0.05, 0.1) is 0 Å². The van der Waals surface area contributed by atoms with E-state index in [4.69, 9.17) is 0 Å². The molecule has 6 heavy (non-hydrogen) atoms. The number of rotatable bonds is 2. The molecule has 0 fully saturated rings. The Labute approximate surface area is 55.6 Å². The Hall–Kier alpha value is 0.960. The quantitative estimate of drug-likeness (QED) is 0.622. The first-order valence-electron chi connectivity index (χ1n) is 1.97. The van der Waals surface area contributed by atoms with E-state index in [-0.39, 0.29) is 0 Å². The van der Waals surface area contributed by atoms with Gasteiger partial charge >= 0.3 is 0 Å². The van der Waals surface area contributed by atoms with Gasteiger partial charge in [-0.2, -0.15) is 0 Å². The van der Waals surface area contributed by atoms with Gasteiger partial charge in [-0.1, -0.05) is 38.8 Å². The lowest BCUT2D eigenvalue weighted by molar-refractivity contribution is 0.939. The normalized spacial score (nSPS) is 14.5. The highest BCUT2D eigenvalue weighted by Gasteiger charge is 1.88. The van der Waals surface area contributed by atoms with Crippen LogP contribution in [0.4, 0.5) is 0 Å². The molecule has 0 unspecified atom stereocenters. The van der Waals surface area contributed by atoms with Crippen molar-refractivity contribution in [3.05, 3.63) is 0 Å². The first-order valence-corrected chi connectivity index (χ1v) is 4.01. The Kier molecular flexibility index (Phi) is 4.79. The third-order valence-corrected chi connectivity index (χ3v) is 1.42. The summed E-state index contributed by atoms with van der Waals surface area (Å²) in [5.41, 5.74) is 0. The summed E-state index contributed by atoms with van der Waals surface area (Å²) in [5.74, 6) is 0. The van der Waals surface area contributed by atoms with E-state index >= 15 is 0 Å². The average Bonchev–Trinajstić information content (AvgIpc) is 1.35. The van der Waals surface area contributed by atoms with Gasteiger partial charge in [-0.15, -0.1) is 0 Å². The standard InChI is InChI=1S/C4H8Br2/c1-4(6)2-3-5/h4H,2-3H2,1H3/t4-/m1/s1. The molecule has 0 aliphatic heterocycles. The lowest BCUT2D eigenvalue weighted by Gasteiger charge is -1.92. The predicted octanol–water partition coefficient (Wildman–Crippen LogP) is 2.55. The van der Waals surface area contributed by atoms with Gasteiger partial charge in [0.25, 0.3) is 0 Å². The van der Waals surface area contributed by atoms with Crippen molar-refractivity contribution in [1.29, 1.82) is 0 Å². The van der Waals surface area contributed by atoms with E-state index in [1.165, 1.54) is 6.42 Å². The van der Waals surface area contributed by atoms with Gasteiger partial charge < -0.3 is 0 Å². The van der Waals surface area contributed by atoms with Crippen molar-refractivity contribution in [2.24, 2.45) is 0 Å². The van der Waals surface area contributed by atoms with Gasteiger partial charge in [-0.25, -0.2) is 0 Å². The van der Waals surface area contributed by atoms with Gasteiger partial charge in [-0.3, -0.25) is 0 Å². The monoisotopic (exact) mass is 214 g/mol. The Morgan fingerprint density at radius 2 is 2.17 bits per heavy atom. The molecule has 0 spiro atoms. The fourth-order valence-electron chi connectivity index (χ4n) is 0.150. The van der Waals surface area contributed by atoms with Crippen LogP contribution in [-0.2, 0) is 0 Å². The molecule has 0 aromatic heterocycles. The van der Waals surface area contributed by atoms with E-state index in [1.807, 2.05) is 0 Å². The molecule has 0 saturated carbocycles. The van der Waals surface area contributed by atoms with Gasteiger partial charge in [-0.05, 0) is 6.42 Å². The van der Waals surface area contributed by atoms with E-state index in [2.05, 4.69) is 38.8 Å². The van der Waals surface area contributed by atoms with Crippen LogP contribution >= 0.6 is 31.9 Å². The van der Waals surface area contributed by atoms with Crippen molar-refractivity contribution in [2.75, 3.05) is 5.33 Å². The zero-order valence-electron chi connectivity index (χ0n) is 3.75. The molecule has 0 nitrogen and oxygen atoms in total. The molecule has 0 aliphatic carbocycles. The summed E-state index contributed by atoms with van der Waals surface area (Å²) in [5, 5.41) is 1.10. The van der Waals surface area contributed by atoms with Crippen LogP contribution in [0.5, 0.6) is 0 Å². The molecule has 0 amide bonds. The number of hydrogen-bond donors (Lipinski definition) is 0. The second-order valence-corrected chi connectivity index (χ2v) is 3.61. The summed E-state index contributed by atoms with van der Waals surface area (Å²) in [6.45, 7) is 2.14. The van der Waals surface area contributed by atoms with Crippen LogP contribution < -0.4 is 0 Å². The van der Waals surface area contributed by atoms with Gasteiger partial charge in [0.1, 0.15) is 0 Å². The molecule has 1 atom stereocenters. The third kappa shape index (κ3) is 4.96. The van der Waals surface area contributed by atoms with Crippen LogP contribution in [0.15, 0.2) is 0 Å². The number of hydrogen-bond acceptors (Lipinski definition) is 0. The molecular weight excluding hydrogens is 208 g/mol. The van der Waals surface area contributed by atoms with Crippen molar-refractivity contribution in [3.8, 4) is 0 Å². The van der Waals surface area contributed by atoms with Crippen LogP contribution in [0.1, 0.15) is 13.3 Å². The maximum Gasteiger partial charge on any atom is 0.0125 e. The zero-order chi connectivity index (χ0) is 4.99. The summed E-state index contributed by atoms with van der Waals surface area (Å²) in [6.07, 6.45) is 1.21. The van der Waals surface area contributed by atoms with Crippen molar-refractivity contribution in [1.82, 2.24) is 0 Å². The Morgan fingerprint density at radius 3 is 2.17 bits per heavy atom. The topological polar surface area (TPSA) is 0 Å². The number of halogens is 2. The molecular formula is C4H8Br2. The van der Waals surface area contributed by atoms with E-state index < -0.39 is 0 Å². The molecule has 0 aromatic rings. The molecule has 0 radical (unpaired) electrons. The molecule has 0 heterocycles. The Balaban J connectivity index is 2.63. The van der Waals surface area contributed by atoms with E-state index in [0.717, 1.165) is 5.33 Å². The minimum absolute atomic E-state index is 0.664. The molecule has 0 rings (SSSR count). The fraction of sp³-hybridized carbons (Fsp3) is 1.00. The summed E-state index contributed by atoms with van der Waals surface area (Å²) in [6, 6.07) is 0. The third-order valence-electron chi connectivity index (χ3n) is 0.507. The van der Waals surface area contributed by atoms with Crippen LogP contribution in [-0.4, -0.2) is 10.2 Å². The molecule has 0 N–H and O–H groups in total. The van der Waals surface area contributed by atoms with E-state index in [0.29, 0.717) is 4.83 Å². The van der Waals surface area contributed by atoms with Crippen molar-refractivity contribution in [2.45, 2.75) is 18.2 Å². The Morgan fingerprint density at radius 1 is 1.67 bits per heavy atom. The molecule has 0 saturated heterocycles. The highest BCUT2D eigenvalue weighted by atomic mass is 79.9. The largest absolute Gasteiger partial charge is 0.0928 e. The molecule has 38 valence electrons. The SMILES string of the molecule is C[C@@H](Br)CCBr.